The lowest BCUT2D eigenvalue weighted by Gasteiger charge is -2.20. The number of nitriles is 1. The Morgan fingerprint density at radius 2 is 2.21 bits per heavy atom. The van der Waals surface area contributed by atoms with E-state index in [-0.39, 0.29) is 17.3 Å². The molecular formula is C18H13BrN6O3. The van der Waals surface area contributed by atoms with Crippen LogP contribution in [0.5, 0.6) is 0 Å². The number of benzene rings is 1. The minimum atomic E-state index is -1.09. The molecule has 1 amide bonds. The number of hydrogen-bond donors (Lipinski definition) is 2. The maximum atomic E-state index is 11.8. The predicted octanol–water partition coefficient (Wildman–Crippen LogP) is 3.57. The lowest BCUT2D eigenvalue weighted by atomic mass is 10.2. The molecule has 1 aliphatic rings. The summed E-state index contributed by atoms with van der Waals surface area (Å²) < 4.78 is 2.01. The number of anilines is 3. The Morgan fingerprint density at radius 1 is 1.43 bits per heavy atom. The molecule has 0 unspecified atom stereocenters. The molecule has 1 fully saturated rings. The van der Waals surface area contributed by atoms with Crippen molar-refractivity contribution in [2.24, 2.45) is 0 Å². The van der Waals surface area contributed by atoms with Gasteiger partial charge in [-0.1, -0.05) is 0 Å². The van der Waals surface area contributed by atoms with Crippen LogP contribution < -0.4 is 10.2 Å². The second-order valence-electron chi connectivity index (χ2n) is 6.27. The first kappa shape index (κ1) is 17.9. The minimum Gasteiger partial charge on any atom is -0.465 e. The third-order valence-electron chi connectivity index (χ3n) is 4.33. The fourth-order valence-electron chi connectivity index (χ4n) is 2.88. The number of aromatic nitrogens is 3. The van der Waals surface area contributed by atoms with Crippen molar-refractivity contribution in [3.8, 4) is 6.07 Å². The van der Waals surface area contributed by atoms with Gasteiger partial charge in [0.2, 0.25) is 0 Å². The van der Waals surface area contributed by atoms with E-state index < -0.39 is 6.09 Å². The molecule has 0 saturated heterocycles. The van der Waals surface area contributed by atoms with Crippen LogP contribution in [0.15, 0.2) is 34.9 Å². The number of carbonyl (C=O) groups is 2. The molecule has 1 aromatic carbocycles. The smallest absolute Gasteiger partial charge is 0.413 e. The van der Waals surface area contributed by atoms with Crippen LogP contribution >= 0.6 is 15.9 Å². The van der Waals surface area contributed by atoms with Crippen LogP contribution in [-0.2, 0) is 0 Å². The van der Waals surface area contributed by atoms with Gasteiger partial charge in [-0.15, -0.1) is 0 Å². The van der Waals surface area contributed by atoms with Crippen molar-refractivity contribution in [3.63, 3.8) is 0 Å². The van der Waals surface area contributed by atoms with Crippen LogP contribution in [0.1, 0.15) is 28.8 Å². The van der Waals surface area contributed by atoms with E-state index in [0.717, 1.165) is 12.8 Å². The molecule has 9 nitrogen and oxygen atoms in total. The highest BCUT2D eigenvalue weighted by atomic mass is 79.9. The maximum Gasteiger partial charge on any atom is 0.413 e. The molecule has 140 valence electrons. The Morgan fingerprint density at radius 3 is 2.82 bits per heavy atom. The highest BCUT2D eigenvalue weighted by Gasteiger charge is 2.36. The quantitative estimate of drug-likeness (QED) is 0.580. The van der Waals surface area contributed by atoms with E-state index in [1.165, 1.54) is 15.6 Å². The van der Waals surface area contributed by atoms with Gasteiger partial charge >= 0.3 is 6.09 Å². The van der Waals surface area contributed by atoms with Crippen molar-refractivity contribution in [2.45, 2.75) is 18.9 Å². The topological polar surface area (TPSA) is 124 Å². The van der Waals surface area contributed by atoms with Gasteiger partial charge in [-0.25, -0.2) is 9.78 Å². The van der Waals surface area contributed by atoms with Gasteiger partial charge in [0.1, 0.15) is 11.6 Å². The first-order valence-electron chi connectivity index (χ1n) is 8.34. The van der Waals surface area contributed by atoms with Crippen molar-refractivity contribution in [1.82, 2.24) is 14.6 Å². The average Bonchev–Trinajstić information content (AvgIpc) is 3.41. The van der Waals surface area contributed by atoms with Crippen LogP contribution in [0.4, 0.5) is 22.1 Å². The van der Waals surface area contributed by atoms with E-state index in [2.05, 4.69) is 37.4 Å². The normalized spacial score (nSPS) is 13.1. The first-order chi connectivity index (χ1) is 13.5. The number of carbonyl (C=O) groups excluding carboxylic acids is 1. The van der Waals surface area contributed by atoms with E-state index in [1.807, 2.05) is 0 Å². The summed E-state index contributed by atoms with van der Waals surface area (Å²) in [5.41, 5.74) is 1.64. The monoisotopic (exact) mass is 440 g/mol. The lowest BCUT2D eigenvalue weighted by molar-refractivity contribution is 0.112. The van der Waals surface area contributed by atoms with Gasteiger partial charge in [0.25, 0.3) is 0 Å². The summed E-state index contributed by atoms with van der Waals surface area (Å²) in [6.45, 7) is 0. The fraction of sp³-hybridized carbons (Fsp3) is 0.167. The molecule has 2 aromatic heterocycles. The second-order valence-corrected chi connectivity index (χ2v) is 7.12. The highest BCUT2D eigenvalue weighted by Crippen LogP contribution is 2.34. The number of aldehydes is 1. The Hall–Kier alpha value is -3.45. The van der Waals surface area contributed by atoms with Gasteiger partial charge in [-0.3, -0.25) is 9.69 Å². The molecular weight excluding hydrogens is 428 g/mol. The second kappa shape index (κ2) is 6.94. The van der Waals surface area contributed by atoms with E-state index in [4.69, 9.17) is 5.26 Å². The summed E-state index contributed by atoms with van der Waals surface area (Å²) in [7, 11) is 0. The molecule has 1 saturated carbocycles. The Bertz CT molecular complexity index is 1150. The zero-order chi connectivity index (χ0) is 19.8. The predicted molar refractivity (Wildman–Crippen MR) is 104 cm³/mol. The van der Waals surface area contributed by atoms with Gasteiger partial charge in [0.05, 0.1) is 29.1 Å². The average molecular weight is 441 g/mol. The summed E-state index contributed by atoms with van der Waals surface area (Å²) in [6, 6.07) is 8.52. The van der Waals surface area contributed by atoms with Crippen LogP contribution in [0.2, 0.25) is 0 Å². The maximum absolute atomic E-state index is 11.8. The molecule has 3 aromatic rings. The van der Waals surface area contributed by atoms with Gasteiger partial charge < -0.3 is 10.4 Å². The molecule has 0 spiro atoms. The van der Waals surface area contributed by atoms with Crippen LogP contribution in [0.25, 0.3) is 5.65 Å². The summed E-state index contributed by atoms with van der Waals surface area (Å²) in [4.78, 5) is 28.9. The number of rotatable bonds is 5. The molecule has 0 atom stereocenters. The van der Waals surface area contributed by atoms with Crippen molar-refractivity contribution < 1.29 is 14.7 Å². The molecule has 10 heteroatoms. The standard InChI is InChI=1S/C18H13BrN6O3/c19-13-5-10(7-20)1-4-14(13)22-15-6-16(24(18(27)28)12-2-3-12)25-17(23-15)11(9-26)8-21-25/h1,4-6,8-9,12H,2-3H2,(H,22,23)(H,27,28). The number of carboxylic acid groups (broad SMARTS) is 1. The summed E-state index contributed by atoms with van der Waals surface area (Å²) in [5.74, 6) is 0.656. The molecule has 28 heavy (non-hydrogen) atoms. The zero-order valence-electron chi connectivity index (χ0n) is 14.3. The number of fused-ring (bicyclic) bond motifs is 1. The van der Waals surface area contributed by atoms with E-state index in [9.17, 15) is 14.7 Å². The largest absolute Gasteiger partial charge is 0.465 e. The number of nitrogens with zero attached hydrogens (tertiary/aromatic N) is 5. The van der Waals surface area contributed by atoms with Crippen molar-refractivity contribution >= 4 is 51.3 Å². The van der Waals surface area contributed by atoms with Gasteiger partial charge in [0, 0.05) is 16.6 Å². The number of amides is 1. The van der Waals surface area contributed by atoms with Crippen LogP contribution in [-0.4, -0.2) is 38.1 Å². The Balaban J connectivity index is 1.84. The molecule has 1 aliphatic carbocycles. The number of nitrogens with one attached hydrogen (secondary N) is 1. The van der Waals surface area contributed by atoms with Crippen molar-refractivity contribution in [3.05, 3.63) is 46.1 Å². The number of hydrogen-bond acceptors (Lipinski definition) is 6. The van der Waals surface area contributed by atoms with Gasteiger partial charge in [-0.05, 0) is 47.0 Å². The molecule has 0 bridgehead atoms. The van der Waals surface area contributed by atoms with E-state index >= 15 is 0 Å². The van der Waals surface area contributed by atoms with Crippen molar-refractivity contribution in [2.75, 3.05) is 10.2 Å². The van der Waals surface area contributed by atoms with E-state index in [1.54, 1.807) is 24.3 Å². The third kappa shape index (κ3) is 3.16. The summed E-state index contributed by atoms with van der Waals surface area (Å²) in [6.07, 6.45) is 2.42. The Labute approximate surface area is 167 Å². The SMILES string of the molecule is N#Cc1ccc(Nc2cc(N(C(=O)O)C3CC3)n3ncc(C=O)c3n2)c(Br)c1. The highest BCUT2D eigenvalue weighted by molar-refractivity contribution is 9.10. The molecule has 0 aliphatic heterocycles. The molecule has 2 heterocycles. The minimum absolute atomic E-state index is 0.124. The summed E-state index contributed by atoms with van der Waals surface area (Å²) >= 11 is 3.40. The molecule has 2 N–H and O–H groups in total. The van der Waals surface area contributed by atoms with Gasteiger partial charge in [-0.2, -0.15) is 14.9 Å². The summed E-state index contributed by atoms with van der Waals surface area (Å²) in [5, 5.41) is 25.9. The van der Waals surface area contributed by atoms with Crippen LogP contribution in [0.3, 0.4) is 0 Å². The molecule has 0 radical (unpaired) electrons. The fourth-order valence-corrected chi connectivity index (χ4v) is 3.36. The Kier molecular flexibility index (Phi) is 4.44. The molecule has 4 rings (SSSR count). The van der Waals surface area contributed by atoms with E-state index in [0.29, 0.717) is 33.6 Å². The zero-order valence-corrected chi connectivity index (χ0v) is 15.9. The lowest BCUT2D eigenvalue weighted by Crippen LogP contribution is -2.33. The first-order valence-corrected chi connectivity index (χ1v) is 9.14. The van der Waals surface area contributed by atoms with Crippen LogP contribution in [0, 0.1) is 11.3 Å². The third-order valence-corrected chi connectivity index (χ3v) is 4.99. The number of halogens is 1. The van der Waals surface area contributed by atoms with Crippen molar-refractivity contribution in [1.29, 1.82) is 5.26 Å². The van der Waals surface area contributed by atoms with Gasteiger partial charge in [0.15, 0.2) is 11.9 Å².